The molecule has 0 spiro atoms. The van der Waals surface area contributed by atoms with Crippen LogP contribution < -0.4 is 43.7 Å². The molecule has 0 bridgehead atoms. The monoisotopic (exact) mass is 426 g/mol. The molecule has 0 fully saturated rings. The molecule has 0 aliphatic rings. The van der Waals surface area contributed by atoms with Crippen LogP contribution in [0.4, 0.5) is 0 Å². The van der Waals surface area contributed by atoms with E-state index in [4.69, 9.17) is 0 Å². The standard InChI is InChI=1S/C30H22B4/c1-5-13-23(14-6-1)31-27-21-29(33-25-17-9-3-10-18-25)30(34-26-19-11-4-12-20-26)22-28(27)32-24-15-7-2-8-16-24/h1-22H. The van der Waals surface area contributed by atoms with E-state index in [0.717, 1.165) is 0 Å². The average Bonchev–Trinajstić information content (AvgIpc) is 2.89. The van der Waals surface area contributed by atoms with Crippen molar-refractivity contribution in [2.75, 3.05) is 0 Å². The molecule has 0 unspecified atom stereocenters. The number of hydrogen-bond acceptors (Lipinski definition) is 0. The molecule has 4 radical (unpaired) electrons. The minimum atomic E-state index is 1.19. The van der Waals surface area contributed by atoms with Gasteiger partial charge in [-0.25, -0.2) is 0 Å². The first-order valence-electron chi connectivity index (χ1n) is 11.6. The maximum atomic E-state index is 2.31. The summed E-state index contributed by atoms with van der Waals surface area (Å²) >= 11 is 0. The highest BCUT2D eigenvalue weighted by molar-refractivity contribution is 6.83. The second-order valence-corrected chi connectivity index (χ2v) is 8.33. The van der Waals surface area contributed by atoms with E-state index in [1.54, 1.807) is 0 Å². The first-order chi connectivity index (χ1) is 16.8. The predicted octanol–water partition coefficient (Wildman–Crippen LogP) is 0.307. The molecule has 0 N–H and O–H groups in total. The van der Waals surface area contributed by atoms with Gasteiger partial charge in [0, 0.05) is 0 Å². The first kappa shape index (κ1) is 22.2. The van der Waals surface area contributed by atoms with E-state index in [-0.39, 0.29) is 0 Å². The Balaban J connectivity index is 1.59. The van der Waals surface area contributed by atoms with Gasteiger partial charge < -0.3 is 0 Å². The lowest BCUT2D eigenvalue weighted by molar-refractivity contribution is 1.76. The SMILES string of the molecule is [B](c1ccccc1)c1cc([B]c2ccccc2)c([B]c2ccccc2)cc1[B]c1ccccc1. The Bertz CT molecular complexity index is 1110. The fourth-order valence-corrected chi connectivity index (χ4v) is 4.08. The topological polar surface area (TPSA) is 0 Å². The lowest BCUT2D eigenvalue weighted by Gasteiger charge is -2.17. The third-order valence-corrected chi connectivity index (χ3v) is 5.78. The van der Waals surface area contributed by atoms with Crippen LogP contribution in [-0.2, 0) is 0 Å². The van der Waals surface area contributed by atoms with Crippen LogP contribution in [0, 0.1) is 0 Å². The normalized spacial score (nSPS) is 10.4. The smallest absolute Gasteiger partial charge is 0.0877 e. The van der Waals surface area contributed by atoms with Crippen LogP contribution in [0.3, 0.4) is 0 Å². The van der Waals surface area contributed by atoms with Crippen LogP contribution >= 0.6 is 0 Å². The van der Waals surface area contributed by atoms with Crippen LogP contribution in [0.25, 0.3) is 0 Å². The largest absolute Gasteiger partial charge is 0.190 e. The average molecular weight is 426 g/mol. The van der Waals surface area contributed by atoms with Crippen molar-refractivity contribution in [2.45, 2.75) is 0 Å². The Hall–Kier alpha value is -3.64. The highest BCUT2D eigenvalue weighted by Gasteiger charge is 2.15. The molecule has 0 saturated heterocycles. The highest BCUT2D eigenvalue weighted by atomic mass is 14.0. The van der Waals surface area contributed by atoms with Crippen LogP contribution in [0.2, 0.25) is 0 Å². The predicted molar refractivity (Wildman–Crippen MR) is 152 cm³/mol. The number of benzene rings is 5. The summed E-state index contributed by atoms with van der Waals surface area (Å²) in [7, 11) is 9.07. The Labute approximate surface area is 206 Å². The summed E-state index contributed by atoms with van der Waals surface area (Å²) in [4.78, 5) is 0. The molecular formula is C30H22B4. The molecule has 0 amide bonds. The zero-order valence-electron chi connectivity index (χ0n) is 19.0. The minimum absolute atomic E-state index is 1.19. The molecule has 0 saturated carbocycles. The maximum Gasteiger partial charge on any atom is 0.190 e. The van der Waals surface area contributed by atoms with Gasteiger partial charge in [0.2, 0.25) is 0 Å². The Morgan fingerprint density at radius 2 is 0.471 bits per heavy atom. The van der Waals surface area contributed by atoms with Crippen molar-refractivity contribution in [1.82, 2.24) is 0 Å². The van der Waals surface area contributed by atoms with Gasteiger partial charge in [-0.1, -0.05) is 177 Å². The quantitative estimate of drug-likeness (QED) is 0.314. The molecule has 0 aromatic heterocycles. The molecular weight excluding hydrogens is 404 g/mol. The minimum Gasteiger partial charge on any atom is -0.0877 e. The van der Waals surface area contributed by atoms with E-state index in [1.807, 2.05) is 0 Å². The van der Waals surface area contributed by atoms with Crippen molar-refractivity contribution in [3.8, 4) is 0 Å². The first-order valence-corrected chi connectivity index (χ1v) is 11.6. The van der Waals surface area contributed by atoms with E-state index in [0.29, 0.717) is 0 Å². The molecule has 0 heterocycles. The lowest BCUT2D eigenvalue weighted by atomic mass is 9.47. The number of hydrogen-bond donors (Lipinski definition) is 0. The van der Waals surface area contributed by atoms with Crippen molar-refractivity contribution in [3.05, 3.63) is 133 Å². The van der Waals surface area contributed by atoms with Crippen molar-refractivity contribution in [3.63, 3.8) is 0 Å². The van der Waals surface area contributed by atoms with E-state index in [9.17, 15) is 0 Å². The van der Waals surface area contributed by atoms with Crippen LogP contribution in [0.15, 0.2) is 133 Å². The molecule has 0 nitrogen and oxygen atoms in total. The summed E-state index contributed by atoms with van der Waals surface area (Å²) in [6, 6.07) is 46.7. The third kappa shape index (κ3) is 5.83. The van der Waals surface area contributed by atoms with Crippen LogP contribution in [-0.4, -0.2) is 29.1 Å². The fourth-order valence-electron chi connectivity index (χ4n) is 4.08. The zero-order valence-corrected chi connectivity index (χ0v) is 19.0. The van der Waals surface area contributed by atoms with Crippen molar-refractivity contribution in [2.24, 2.45) is 0 Å². The molecule has 34 heavy (non-hydrogen) atoms. The van der Waals surface area contributed by atoms with Crippen molar-refractivity contribution in [1.29, 1.82) is 0 Å². The molecule has 0 aliphatic heterocycles. The van der Waals surface area contributed by atoms with Crippen molar-refractivity contribution < 1.29 is 0 Å². The second-order valence-electron chi connectivity index (χ2n) is 8.33. The summed E-state index contributed by atoms with van der Waals surface area (Å²) in [5, 5.41) is 0. The van der Waals surface area contributed by atoms with Gasteiger partial charge in [0.25, 0.3) is 0 Å². The summed E-state index contributed by atoms with van der Waals surface area (Å²) in [6.45, 7) is 0. The number of rotatable bonds is 8. The van der Waals surface area contributed by atoms with Gasteiger partial charge in [-0.2, -0.15) is 0 Å². The fraction of sp³-hybridized carbons (Fsp3) is 0. The van der Waals surface area contributed by atoms with E-state index in [2.05, 4.69) is 163 Å². The van der Waals surface area contributed by atoms with Gasteiger partial charge in [0.05, 0.1) is 0 Å². The van der Waals surface area contributed by atoms with Gasteiger partial charge in [0.15, 0.2) is 29.1 Å². The van der Waals surface area contributed by atoms with Gasteiger partial charge >= 0.3 is 0 Å². The molecule has 5 aromatic rings. The molecule has 4 heteroatoms. The van der Waals surface area contributed by atoms with Gasteiger partial charge in [0.1, 0.15) is 0 Å². The van der Waals surface area contributed by atoms with Crippen LogP contribution in [0.1, 0.15) is 0 Å². The summed E-state index contributed by atoms with van der Waals surface area (Å²) in [5.41, 5.74) is 9.55. The summed E-state index contributed by atoms with van der Waals surface area (Å²) in [5.74, 6) is 0. The maximum absolute atomic E-state index is 2.31. The van der Waals surface area contributed by atoms with Gasteiger partial charge in [-0.05, 0) is 0 Å². The molecule has 0 aliphatic carbocycles. The highest BCUT2D eigenvalue weighted by Crippen LogP contribution is 1.88. The Morgan fingerprint density at radius 1 is 0.265 bits per heavy atom. The van der Waals surface area contributed by atoms with E-state index in [1.165, 1.54) is 43.7 Å². The van der Waals surface area contributed by atoms with E-state index >= 15 is 0 Å². The Kier molecular flexibility index (Phi) is 7.16. The van der Waals surface area contributed by atoms with Gasteiger partial charge in [-0.3, -0.25) is 0 Å². The summed E-state index contributed by atoms with van der Waals surface area (Å²) < 4.78 is 0. The molecule has 0 atom stereocenters. The lowest BCUT2D eigenvalue weighted by Crippen LogP contribution is -2.54. The molecule has 154 valence electrons. The summed E-state index contributed by atoms with van der Waals surface area (Å²) in [6.07, 6.45) is 0. The van der Waals surface area contributed by atoms with Gasteiger partial charge in [-0.15, -0.1) is 0 Å². The van der Waals surface area contributed by atoms with E-state index < -0.39 is 0 Å². The molecule has 5 rings (SSSR count). The van der Waals surface area contributed by atoms with Crippen LogP contribution in [0.5, 0.6) is 0 Å². The third-order valence-electron chi connectivity index (χ3n) is 5.78. The Morgan fingerprint density at radius 3 is 0.676 bits per heavy atom. The second kappa shape index (κ2) is 11.0. The molecule has 5 aromatic carbocycles. The van der Waals surface area contributed by atoms with Crippen molar-refractivity contribution >= 4 is 72.8 Å². The zero-order chi connectivity index (χ0) is 23.0.